The second-order valence-electron chi connectivity index (χ2n) is 6.91. The molecule has 1 atom stereocenters. The van der Waals surface area contributed by atoms with E-state index in [4.69, 9.17) is 0 Å². The van der Waals surface area contributed by atoms with Crippen molar-refractivity contribution in [1.82, 2.24) is 14.8 Å². The van der Waals surface area contributed by atoms with Crippen molar-refractivity contribution in [1.29, 1.82) is 0 Å². The third-order valence-corrected chi connectivity index (χ3v) is 5.62. The highest BCUT2D eigenvalue weighted by molar-refractivity contribution is 5.04. The molecule has 18 heavy (non-hydrogen) atoms. The zero-order valence-corrected chi connectivity index (χ0v) is 10.7. The van der Waals surface area contributed by atoms with Gasteiger partial charge in [-0.05, 0) is 61.7 Å². The molecule has 1 heterocycles. The Kier molecular flexibility index (Phi) is 2.31. The molecule has 5 rings (SSSR count). The molecule has 0 aromatic carbocycles. The number of hydrogen-bond donors (Lipinski definition) is 1. The van der Waals surface area contributed by atoms with E-state index in [2.05, 4.69) is 10.1 Å². The second-order valence-corrected chi connectivity index (χ2v) is 6.91. The molecular formula is C14H21N3O. The van der Waals surface area contributed by atoms with E-state index in [0.29, 0.717) is 6.54 Å². The highest BCUT2D eigenvalue weighted by Gasteiger charge is 2.53. The summed E-state index contributed by atoms with van der Waals surface area (Å²) in [7, 11) is 0. The predicted octanol–water partition coefficient (Wildman–Crippen LogP) is 1.86. The summed E-state index contributed by atoms with van der Waals surface area (Å²) < 4.78 is 1.78. The average molecular weight is 247 g/mol. The van der Waals surface area contributed by atoms with Crippen LogP contribution in [0, 0.1) is 23.2 Å². The molecular weight excluding hydrogens is 226 g/mol. The maximum atomic E-state index is 10.7. The topological polar surface area (TPSA) is 50.9 Å². The lowest BCUT2D eigenvalue weighted by Crippen LogP contribution is -2.52. The number of aromatic nitrogens is 3. The maximum Gasteiger partial charge on any atom is 0.137 e. The van der Waals surface area contributed by atoms with Crippen LogP contribution in [0.5, 0.6) is 0 Å². The van der Waals surface area contributed by atoms with Gasteiger partial charge in [0, 0.05) is 0 Å². The minimum atomic E-state index is -0.243. The average Bonchev–Trinajstić information content (AvgIpc) is 2.79. The molecule has 4 bridgehead atoms. The number of aliphatic hydroxyl groups excluding tert-OH is 1. The van der Waals surface area contributed by atoms with E-state index in [0.717, 1.165) is 17.8 Å². The van der Waals surface area contributed by atoms with Crippen LogP contribution in [0.4, 0.5) is 0 Å². The molecule has 0 spiro atoms. The molecule has 1 N–H and O–H groups in total. The Hall–Kier alpha value is -0.900. The SMILES string of the molecule is OC(Cn1cncn1)C12CC3CC(CC(C3)C1)C2. The monoisotopic (exact) mass is 247 g/mol. The Balaban J connectivity index is 1.56. The summed E-state index contributed by atoms with van der Waals surface area (Å²) in [4.78, 5) is 3.96. The molecule has 4 aliphatic carbocycles. The van der Waals surface area contributed by atoms with Crippen molar-refractivity contribution in [3.05, 3.63) is 12.7 Å². The lowest BCUT2D eigenvalue weighted by molar-refractivity contribution is -0.125. The molecule has 4 saturated carbocycles. The lowest BCUT2D eigenvalue weighted by Gasteiger charge is -2.58. The number of hydrogen-bond acceptors (Lipinski definition) is 3. The van der Waals surface area contributed by atoms with Gasteiger partial charge in [-0.1, -0.05) is 0 Å². The molecule has 0 aliphatic heterocycles. The van der Waals surface area contributed by atoms with Crippen molar-refractivity contribution in [2.75, 3.05) is 0 Å². The van der Waals surface area contributed by atoms with Crippen LogP contribution in [-0.4, -0.2) is 26.0 Å². The Morgan fingerprint density at radius 1 is 1.17 bits per heavy atom. The van der Waals surface area contributed by atoms with Gasteiger partial charge in [0.2, 0.25) is 0 Å². The molecule has 98 valence electrons. The standard InChI is InChI=1S/C14H21N3O/c18-13(7-17-9-15-8-16-17)14-4-10-1-11(5-14)3-12(2-10)6-14/h8-13,18H,1-7H2. The number of rotatable bonds is 3. The van der Waals surface area contributed by atoms with Crippen molar-refractivity contribution >= 4 is 0 Å². The first-order valence-electron chi connectivity index (χ1n) is 7.24. The zero-order chi connectivity index (χ0) is 12.2. The first-order valence-corrected chi connectivity index (χ1v) is 7.24. The van der Waals surface area contributed by atoms with Crippen molar-refractivity contribution < 1.29 is 5.11 Å². The van der Waals surface area contributed by atoms with Crippen LogP contribution in [0.25, 0.3) is 0 Å². The van der Waals surface area contributed by atoms with Crippen LogP contribution in [-0.2, 0) is 6.54 Å². The first-order chi connectivity index (χ1) is 8.73. The van der Waals surface area contributed by atoms with Gasteiger partial charge in [0.25, 0.3) is 0 Å². The van der Waals surface area contributed by atoms with Crippen molar-refractivity contribution in [3.8, 4) is 0 Å². The lowest BCUT2D eigenvalue weighted by atomic mass is 9.48. The zero-order valence-electron chi connectivity index (χ0n) is 10.7. The summed E-state index contributed by atoms with van der Waals surface area (Å²) in [6.07, 6.45) is 11.0. The van der Waals surface area contributed by atoms with Crippen LogP contribution in [0.2, 0.25) is 0 Å². The maximum absolute atomic E-state index is 10.7. The van der Waals surface area contributed by atoms with Crippen molar-refractivity contribution in [3.63, 3.8) is 0 Å². The highest BCUT2D eigenvalue weighted by atomic mass is 16.3. The van der Waals surface area contributed by atoms with Gasteiger partial charge in [-0.3, -0.25) is 4.68 Å². The minimum absolute atomic E-state index is 0.195. The molecule has 4 aliphatic rings. The fraction of sp³-hybridized carbons (Fsp3) is 0.857. The van der Waals surface area contributed by atoms with Gasteiger partial charge in [-0.25, -0.2) is 4.98 Å². The molecule has 0 amide bonds. The summed E-state index contributed by atoms with van der Waals surface area (Å²) in [6, 6.07) is 0. The first kappa shape index (κ1) is 11.0. The molecule has 4 fully saturated rings. The van der Waals surface area contributed by atoms with Gasteiger partial charge in [0.1, 0.15) is 12.7 Å². The van der Waals surface area contributed by atoms with Crippen LogP contribution in [0.1, 0.15) is 38.5 Å². The Labute approximate surface area is 107 Å². The second kappa shape index (κ2) is 3.80. The van der Waals surface area contributed by atoms with E-state index >= 15 is 0 Å². The molecule has 1 unspecified atom stereocenters. The van der Waals surface area contributed by atoms with Gasteiger partial charge >= 0.3 is 0 Å². The Morgan fingerprint density at radius 3 is 2.28 bits per heavy atom. The smallest absolute Gasteiger partial charge is 0.137 e. The van der Waals surface area contributed by atoms with Crippen LogP contribution in [0.3, 0.4) is 0 Å². The molecule has 4 nitrogen and oxygen atoms in total. The highest BCUT2D eigenvalue weighted by Crippen LogP contribution is 2.61. The quantitative estimate of drug-likeness (QED) is 0.887. The van der Waals surface area contributed by atoms with E-state index < -0.39 is 0 Å². The Bertz CT molecular complexity index is 393. The van der Waals surface area contributed by atoms with Crippen molar-refractivity contribution in [2.24, 2.45) is 23.2 Å². The van der Waals surface area contributed by atoms with Crippen LogP contribution >= 0.6 is 0 Å². The van der Waals surface area contributed by atoms with Crippen LogP contribution in [0.15, 0.2) is 12.7 Å². The van der Waals surface area contributed by atoms with E-state index in [1.54, 1.807) is 17.3 Å². The summed E-state index contributed by atoms with van der Waals surface area (Å²) in [6.45, 7) is 0.617. The van der Waals surface area contributed by atoms with E-state index in [-0.39, 0.29) is 11.5 Å². The van der Waals surface area contributed by atoms with Crippen molar-refractivity contribution in [2.45, 2.75) is 51.2 Å². The predicted molar refractivity (Wildman–Crippen MR) is 66.6 cm³/mol. The normalized spacial score (nSPS) is 43.3. The summed E-state index contributed by atoms with van der Waals surface area (Å²) in [5.74, 6) is 2.67. The molecule has 0 radical (unpaired) electrons. The van der Waals surface area contributed by atoms with Gasteiger partial charge in [0.15, 0.2) is 0 Å². The number of nitrogens with zero attached hydrogens (tertiary/aromatic N) is 3. The molecule has 0 saturated heterocycles. The minimum Gasteiger partial charge on any atom is -0.391 e. The van der Waals surface area contributed by atoms with Gasteiger partial charge in [0.05, 0.1) is 12.6 Å². The summed E-state index contributed by atoms with van der Waals surface area (Å²) in [5.41, 5.74) is 0.195. The van der Waals surface area contributed by atoms with Gasteiger partial charge < -0.3 is 5.11 Å². The fourth-order valence-corrected chi connectivity index (χ4v) is 5.28. The molecule has 1 aromatic heterocycles. The van der Waals surface area contributed by atoms with E-state index in [1.165, 1.54) is 38.5 Å². The third-order valence-electron chi connectivity index (χ3n) is 5.62. The fourth-order valence-electron chi connectivity index (χ4n) is 5.28. The van der Waals surface area contributed by atoms with Gasteiger partial charge in [-0.2, -0.15) is 5.10 Å². The molecule has 1 aromatic rings. The number of aliphatic hydroxyl groups is 1. The van der Waals surface area contributed by atoms with Gasteiger partial charge in [-0.15, -0.1) is 0 Å². The summed E-state index contributed by atoms with van der Waals surface area (Å²) >= 11 is 0. The largest absolute Gasteiger partial charge is 0.391 e. The van der Waals surface area contributed by atoms with Crippen LogP contribution < -0.4 is 0 Å². The third kappa shape index (κ3) is 1.62. The molecule has 4 heteroatoms. The van der Waals surface area contributed by atoms with E-state index in [1.807, 2.05) is 0 Å². The Morgan fingerprint density at radius 2 is 1.78 bits per heavy atom. The van der Waals surface area contributed by atoms with E-state index in [9.17, 15) is 5.11 Å². The summed E-state index contributed by atoms with van der Waals surface area (Å²) in [5, 5.41) is 14.8.